The van der Waals surface area contributed by atoms with Crippen LogP contribution < -0.4 is 5.32 Å². The van der Waals surface area contributed by atoms with Crippen molar-refractivity contribution in [2.75, 3.05) is 5.32 Å². The molecule has 0 aliphatic carbocycles. The third kappa shape index (κ3) is 4.22. The minimum absolute atomic E-state index is 0.121. The third-order valence-electron chi connectivity index (χ3n) is 3.79. The quantitative estimate of drug-likeness (QED) is 0.650. The van der Waals surface area contributed by atoms with Crippen LogP contribution in [0.15, 0.2) is 59.0 Å². The number of carbonyl (C=O) groups excluding carboxylic acids is 2. The Bertz CT molecular complexity index is 1030. The van der Waals surface area contributed by atoms with E-state index in [0.717, 1.165) is 12.1 Å². The van der Waals surface area contributed by atoms with E-state index in [1.54, 1.807) is 6.07 Å². The van der Waals surface area contributed by atoms with Crippen LogP contribution in [-0.4, -0.2) is 18.0 Å². The molecule has 1 atom stereocenters. The Balaban J connectivity index is 1.66. The number of benzene rings is 2. The van der Waals surface area contributed by atoms with Crippen LogP contribution >= 0.6 is 0 Å². The molecule has 3 rings (SSSR count). The second kappa shape index (κ2) is 7.99. The number of hydrogen-bond acceptors (Lipinski definition) is 4. The van der Waals surface area contributed by atoms with Crippen molar-refractivity contribution in [2.45, 2.75) is 13.0 Å². The van der Waals surface area contributed by atoms with Crippen LogP contribution in [0.25, 0.3) is 11.3 Å². The minimum atomic E-state index is -1.29. The summed E-state index contributed by atoms with van der Waals surface area (Å²) >= 11 is 0. The molecule has 0 unspecified atom stereocenters. The van der Waals surface area contributed by atoms with Crippen LogP contribution in [0, 0.1) is 17.5 Å². The average molecular weight is 389 g/mol. The zero-order chi connectivity index (χ0) is 20.3. The van der Waals surface area contributed by atoms with Gasteiger partial charge in [-0.15, -0.1) is 0 Å². The molecule has 144 valence electrons. The molecule has 2 aromatic carbocycles. The van der Waals surface area contributed by atoms with Crippen molar-refractivity contribution < 1.29 is 31.9 Å². The smallest absolute Gasteiger partial charge is 0.375 e. The monoisotopic (exact) mass is 389 g/mol. The first kappa shape index (κ1) is 19.2. The van der Waals surface area contributed by atoms with Gasteiger partial charge in [-0.2, -0.15) is 0 Å². The molecule has 0 spiro atoms. The van der Waals surface area contributed by atoms with Crippen molar-refractivity contribution >= 4 is 17.6 Å². The van der Waals surface area contributed by atoms with Crippen LogP contribution in [0.5, 0.6) is 0 Å². The van der Waals surface area contributed by atoms with E-state index in [-0.39, 0.29) is 22.8 Å². The summed E-state index contributed by atoms with van der Waals surface area (Å²) in [6.07, 6.45) is -1.29. The molecule has 5 nitrogen and oxygen atoms in total. The van der Waals surface area contributed by atoms with Gasteiger partial charge in [-0.3, -0.25) is 4.79 Å². The number of esters is 1. The summed E-state index contributed by atoms with van der Waals surface area (Å²) in [6, 6.07) is 11.2. The molecule has 0 bridgehead atoms. The topological polar surface area (TPSA) is 68.5 Å². The lowest BCUT2D eigenvalue weighted by Crippen LogP contribution is -2.30. The molecule has 1 aromatic heterocycles. The van der Waals surface area contributed by atoms with Crippen molar-refractivity contribution in [1.82, 2.24) is 0 Å². The fourth-order valence-electron chi connectivity index (χ4n) is 2.35. The number of carbonyl (C=O) groups is 2. The second-order valence-corrected chi connectivity index (χ2v) is 5.80. The highest BCUT2D eigenvalue weighted by Gasteiger charge is 2.22. The molecule has 3 aromatic rings. The Hall–Kier alpha value is -3.55. The maximum atomic E-state index is 13.8. The average Bonchev–Trinajstić information content (AvgIpc) is 3.14. The highest BCUT2D eigenvalue weighted by atomic mass is 19.1. The largest absolute Gasteiger partial charge is 0.449 e. The van der Waals surface area contributed by atoms with E-state index in [9.17, 15) is 22.8 Å². The summed E-state index contributed by atoms with van der Waals surface area (Å²) in [4.78, 5) is 24.2. The highest BCUT2D eigenvalue weighted by molar-refractivity contribution is 5.96. The zero-order valence-corrected chi connectivity index (χ0v) is 14.5. The predicted molar refractivity (Wildman–Crippen MR) is 94.0 cm³/mol. The standard InChI is InChI=1S/C20H14F3NO4/c1-11(19(25)24-16-7-6-12(21)10-15(16)23)27-20(26)18-9-8-17(28-18)13-4-2-3-5-14(13)22/h2-11H,1H3,(H,24,25)/t11-/m0/s1. The molecule has 0 saturated carbocycles. The molecule has 1 N–H and O–H groups in total. The maximum Gasteiger partial charge on any atom is 0.375 e. The van der Waals surface area contributed by atoms with E-state index in [4.69, 9.17) is 9.15 Å². The highest BCUT2D eigenvalue weighted by Crippen LogP contribution is 2.25. The third-order valence-corrected chi connectivity index (χ3v) is 3.79. The lowest BCUT2D eigenvalue weighted by Gasteiger charge is -2.13. The van der Waals surface area contributed by atoms with Gasteiger partial charge in [0.15, 0.2) is 6.10 Å². The molecule has 8 heteroatoms. The lowest BCUT2D eigenvalue weighted by atomic mass is 10.1. The summed E-state index contributed by atoms with van der Waals surface area (Å²) in [5.74, 6) is -4.16. The molecule has 0 saturated heterocycles. The van der Waals surface area contributed by atoms with Gasteiger partial charge in [0, 0.05) is 6.07 Å². The van der Waals surface area contributed by atoms with Gasteiger partial charge in [0.2, 0.25) is 5.76 Å². The first-order chi connectivity index (χ1) is 13.3. The van der Waals surface area contributed by atoms with E-state index < -0.39 is 35.4 Å². The summed E-state index contributed by atoms with van der Waals surface area (Å²) in [7, 11) is 0. The van der Waals surface area contributed by atoms with E-state index in [1.165, 1.54) is 37.3 Å². The molecule has 0 radical (unpaired) electrons. The number of hydrogen-bond donors (Lipinski definition) is 1. The maximum absolute atomic E-state index is 13.8. The second-order valence-electron chi connectivity index (χ2n) is 5.80. The Morgan fingerprint density at radius 1 is 1.00 bits per heavy atom. The Morgan fingerprint density at radius 3 is 2.46 bits per heavy atom. The van der Waals surface area contributed by atoms with E-state index in [2.05, 4.69) is 5.32 Å². The SMILES string of the molecule is C[C@H](OC(=O)c1ccc(-c2ccccc2F)o1)C(=O)Nc1ccc(F)cc1F. The molecule has 0 aliphatic rings. The molecule has 28 heavy (non-hydrogen) atoms. The van der Waals surface area contributed by atoms with Crippen molar-refractivity contribution in [2.24, 2.45) is 0 Å². The Morgan fingerprint density at radius 2 is 1.75 bits per heavy atom. The normalized spacial score (nSPS) is 11.7. The lowest BCUT2D eigenvalue weighted by molar-refractivity contribution is -0.123. The number of amides is 1. The van der Waals surface area contributed by atoms with Gasteiger partial charge in [-0.25, -0.2) is 18.0 Å². The molecule has 1 heterocycles. The number of halogens is 3. The first-order valence-corrected chi connectivity index (χ1v) is 8.17. The van der Waals surface area contributed by atoms with E-state index >= 15 is 0 Å². The van der Waals surface area contributed by atoms with Gasteiger partial charge in [0.1, 0.15) is 23.2 Å². The number of anilines is 1. The molecular formula is C20H14F3NO4. The van der Waals surface area contributed by atoms with Gasteiger partial charge in [-0.1, -0.05) is 12.1 Å². The van der Waals surface area contributed by atoms with Crippen LogP contribution in [0.4, 0.5) is 18.9 Å². The Labute approximate surface area is 157 Å². The van der Waals surface area contributed by atoms with E-state index in [1.807, 2.05) is 0 Å². The summed E-state index contributed by atoms with van der Waals surface area (Å²) in [5.41, 5.74) is -0.0896. The number of rotatable bonds is 5. The fourth-order valence-corrected chi connectivity index (χ4v) is 2.35. The van der Waals surface area contributed by atoms with Gasteiger partial charge < -0.3 is 14.5 Å². The molecular weight excluding hydrogens is 375 g/mol. The van der Waals surface area contributed by atoms with Gasteiger partial charge in [-0.05, 0) is 43.3 Å². The zero-order valence-electron chi connectivity index (χ0n) is 14.5. The van der Waals surface area contributed by atoms with E-state index in [0.29, 0.717) is 6.07 Å². The fraction of sp³-hybridized carbons (Fsp3) is 0.100. The molecule has 1 amide bonds. The van der Waals surface area contributed by atoms with Crippen molar-refractivity contribution in [3.63, 3.8) is 0 Å². The molecule has 0 aliphatic heterocycles. The van der Waals surface area contributed by atoms with Gasteiger partial charge in [0.05, 0.1) is 11.3 Å². The number of nitrogens with one attached hydrogen (secondary N) is 1. The summed E-state index contributed by atoms with van der Waals surface area (Å²) in [5, 5.41) is 2.19. The van der Waals surface area contributed by atoms with Gasteiger partial charge in [0.25, 0.3) is 5.91 Å². The van der Waals surface area contributed by atoms with Gasteiger partial charge >= 0.3 is 5.97 Å². The van der Waals surface area contributed by atoms with Crippen LogP contribution in [-0.2, 0) is 9.53 Å². The van der Waals surface area contributed by atoms with Crippen LogP contribution in [0.1, 0.15) is 17.5 Å². The van der Waals surface area contributed by atoms with Crippen LogP contribution in [0.2, 0.25) is 0 Å². The summed E-state index contributed by atoms with van der Waals surface area (Å²) in [6.45, 7) is 1.27. The summed E-state index contributed by atoms with van der Waals surface area (Å²) < 4.78 is 50.5. The number of furan rings is 1. The van der Waals surface area contributed by atoms with Crippen molar-refractivity contribution in [3.05, 3.63) is 77.8 Å². The Kier molecular flexibility index (Phi) is 5.49. The first-order valence-electron chi connectivity index (χ1n) is 8.17. The molecule has 0 fully saturated rings. The predicted octanol–water partition coefficient (Wildman–Crippen LogP) is 4.55. The number of ether oxygens (including phenoxy) is 1. The minimum Gasteiger partial charge on any atom is -0.449 e. The van der Waals surface area contributed by atoms with Crippen LogP contribution in [0.3, 0.4) is 0 Å². The van der Waals surface area contributed by atoms with Crippen molar-refractivity contribution in [3.8, 4) is 11.3 Å². The van der Waals surface area contributed by atoms with Crippen molar-refractivity contribution in [1.29, 1.82) is 0 Å².